The van der Waals surface area contributed by atoms with Crippen LogP contribution in [0, 0.1) is 0 Å². The van der Waals surface area contributed by atoms with Crippen molar-refractivity contribution in [3.8, 4) is 0 Å². The maximum absolute atomic E-state index is 12.2. The smallest absolute Gasteiger partial charge is 0.266 e. The Labute approximate surface area is 136 Å². The van der Waals surface area contributed by atoms with E-state index in [4.69, 9.17) is 0 Å². The molecule has 0 radical (unpaired) electrons. The number of amidine groups is 1. The molecule has 23 heavy (non-hydrogen) atoms. The fourth-order valence-corrected chi connectivity index (χ4v) is 4.28. The highest BCUT2D eigenvalue weighted by Crippen LogP contribution is 2.33. The number of amides is 1. The van der Waals surface area contributed by atoms with Gasteiger partial charge in [0, 0.05) is 12.7 Å². The lowest BCUT2D eigenvalue weighted by molar-refractivity contribution is -0.128. The Kier molecular flexibility index (Phi) is 4.14. The van der Waals surface area contributed by atoms with E-state index in [2.05, 4.69) is 15.8 Å². The second-order valence-corrected chi connectivity index (χ2v) is 8.27. The van der Waals surface area contributed by atoms with Crippen molar-refractivity contribution in [2.75, 3.05) is 6.26 Å². The van der Waals surface area contributed by atoms with E-state index in [9.17, 15) is 13.2 Å². The van der Waals surface area contributed by atoms with Crippen molar-refractivity contribution in [2.24, 2.45) is 4.99 Å². The normalized spacial score (nSPS) is 20.6. The average molecular weight is 335 g/mol. The minimum absolute atomic E-state index is 0.0858. The molecule has 0 unspecified atom stereocenters. The van der Waals surface area contributed by atoms with Crippen molar-refractivity contribution in [2.45, 2.75) is 49.0 Å². The molecule has 1 aliphatic carbocycles. The molecular formula is C16H21N3O3S. The van der Waals surface area contributed by atoms with Crippen LogP contribution in [0.3, 0.4) is 0 Å². The Bertz CT molecular complexity index is 750. The number of nitrogens with zero attached hydrogens (tertiary/aromatic N) is 1. The van der Waals surface area contributed by atoms with E-state index >= 15 is 0 Å². The van der Waals surface area contributed by atoms with Crippen LogP contribution in [0.4, 0.5) is 0 Å². The van der Waals surface area contributed by atoms with Crippen LogP contribution in [0.5, 0.6) is 0 Å². The topological polar surface area (TPSA) is 87.6 Å². The Morgan fingerprint density at radius 2 is 1.83 bits per heavy atom. The van der Waals surface area contributed by atoms with Crippen molar-refractivity contribution >= 4 is 21.6 Å². The fraction of sp³-hybridized carbons (Fsp3) is 0.500. The fourth-order valence-electron chi connectivity index (χ4n) is 3.33. The van der Waals surface area contributed by atoms with E-state index in [1.54, 1.807) is 18.2 Å². The van der Waals surface area contributed by atoms with Crippen LogP contribution < -0.4 is 10.9 Å². The lowest BCUT2D eigenvalue weighted by Gasteiger charge is -2.36. The molecule has 0 atom stereocenters. The third-order valence-corrected chi connectivity index (χ3v) is 5.70. The summed E-state index contributed by atoms with van der Waals surface area (Å²) in [4.78, 5) is 17.2. The van der Waals surface area contributed by atoms with Gasteiger partial charge in [-0.1, -0.05) is 37.5 Å². The third-order valence-electron chi connectivity index (χ3n) is 4.50. The van der Waals surface area contributed by atoms with Gasteiger partial charge >= 0.3 is 0 Å². The van der Waals surface area contributed by atoms with E-state index < -0.39 is 15.4 Å². The molecule has 1 fully saturated rings. The van der Waals surface area contributed by atoms with Gasteiger partial charge in [-0.25, -0.2) is 8.42 Å². The second-order valence-electron chi connectivity index (χ2n) is 6.29. The first-order valence-electron chi connectivity index (χ1n) is 7.84. The summed E-state index contributed by atoms with van der Waals surface area (Å²) < 4.78 is 23.8. The monoisotopic (exact) mass is 335 g/mol. The predicted octanol–water partition coefficient (Wildman–Crippen LogP) is 1.37. The summed E-state index contributed by atoms with van der Waals surface area (Å²) in [6.07, 6.45) is 6.16. The molecule has 0 aromatic heterocycles. The van der Waals surface area contributed by atoms with Gasteiger partial charge in [0.05, 0.1) is 4.90 Å². The quantitative estimate of drug-likeness (QED) is 0.873. The van der Waals surface area contributed by atoms with Crippen molar-refractivity contribution in [1.82, 2.24) is 10.9 Å². The van der Waals surface area contributed by atoms with Gasteiger partial charge in [-0.05, 0) is 24.5 Å². The van der Waals surface area contributed by atoms with E-state index in [-0.39, 0.29) is 5.91 Å². The molecule has 1 spiro atoms. The Morgan fingerprint density at radius 3 is 2.52 bits per heavy atom. The van der Waals surface area contributed by atoms with E-state index in [0.29, 0.717) is 22.7 Å². The maximum atomic E-state index is 12.2. The molecule has 0 bridgehead atoms. The average Bonchev–Trinajstić information content (AvgIpc) is 2.52. The van der Waals surface area contributed by atoms with Crippen molar-refractivity contribution in [3.05, 3.63) is 29.8 Å². The number of hydrogen-bond acceptors (Lipinski definition) is 5. The molecule has 1 amide bonds. The van der Waals surface area contributed by atoms with Crippen LogP contribution >= 0.6 is 0 Å². The van der Waals surface area contributed by atoms with Gasteiger partial charge in [-0.3, -0.25) is 20.6 Å². The number of rotatable bonds is 3. The molecule has 1 aliphatic heterocycles. The Hall–Kier alpha value is -1.89. The molecule has 124 valence electrons. The van der Waals surface area contributed by atoms with Gasteiger partial charge in [0.25, 0.3) is 5.91 Å². The molecule has 3 rings (SSSR count). The SMILES string of the molecule is CS(=O)(=O)c1ccccc1CC1=NC2(CCCCC2)C(=O)NN1. The zero-order valence-electron chi connectivity index (χ0n) is 13.1. The minimum Gasteiger partial charge on any atom is -0.285 e. The van der Waals surface area contributed by atoms with Crippen LogP contribution in [0.15, 0.2) is 34.2 Å². The molecule has 0 saturated heterocycles. The van der Waals surface area contributed by atoms with E-state index in [1.807, 2.05) is 6.07 Å². The number of carbonyl (C=O) groups is 1. The highest BCUT2D eigenvalue weighted by atomic mass is 32.2. The van der Waals surface area contributed by atoms with Crippen LogP contribution in [-0.2, 0) is 21.1 Å². The van der Waals surface area contributed by atoms with Gasteiger partial charge in [0.15, 0.2) is 9.84 Å². The first kappa shape index (κ1) is 16.0. The number of nitrogens with one attached hydrogen (secondary N) is 2. The van der Waals surface area contributed by atoms with Crippen molar-refractivity contribution in [3.63, 3.8) is 0 Å². The molecule has 2 N–H and O–H groups in total. The third kappa shape index (κ3) is 3.24. The summed E-state index contributed by atoms with van der Waals surface area (Å²) in [5, 5.41) is 0. The highest BCUT2D eigenvalue weighted by molar-refractivity contribution is 7.90. The molecule has 6 nitrogen and oxygen atoms in total. The van der Waals surface area contributed by atoms with Gasteiger partial charge in [-0.15, -0.1) is 0 Å². The van der Waals surface area contributed by atoms with Crippen LogP contribution in [-0.4, -0.2) is 32.0 Å². The number of benzene rings is 1. The van der Waals surface area contributed by atoms with E-state index in [0.717, 1.165) is 32.1 Å². The lowest BCUT2D eigenvalue weighted by Crippen LogP contribution is -2.58. The molecule has 1 heterocycles. The summed E-state index contributed by atoms with van der Waals surface area (Å²) in [5.74, 6) is 0.528. The van der Waals surface area contributed by atoms with Crippen molar-refractivity contribution < 1.29 is 13.2 Å². The first-order valence-corrected chi connectivity index (χ1v) is 9.73. The van der Waals surface area contributed by atoms with Gasteiger partial charge in [0.1, 0.15) is 11.4 Å². The van der Waals surface area contributed by atoms with E-state index in [1.165, 1.54) is 6.26 Å². The van der Waals surface area contributed by atoms with Crippen LogP contribution in [0.2, 0.25) is 0 Å². The van der Waals surface area contributed by atoms with Gasteiger partial charge < -0.3 is 0 Å². The number of hydrazine groups is 1. The molecule has 1 aromatic carbocycles. The van der Waals surface area contributed by atoms with Gasteiger partial charge in [-0.2, -0.15) is 0 Å². The zero-order valence-corrected chi connectivity index (χ0v) is 13.9. The molecular weight excluding hydrogens is 314 g/mol. The molecule has 1 aromatic rings. The first-order chi connectivity index (χ1) is 10.9. The number of aliphatic imine (C=N–C) groups is 1. The number of carbonyl (C=O) groups excluding carboxylic acids is 1. The van der Waals surface area contributed by atoms with Crippen molar-refractivity contribution in [1.29, 1.82) is 0 Å². The second kappa shape index (κ2) is 5.96. The van der Waals surface area contributed by atoms with Crippen LogP contribution in [0.1, 0.15) is 37.7 Å². The molecule has 1 saturated carbocycles. The molecule has 7 heteroatoms. The number of sulfone groups is 1. The Morgan fingerprint density at radius 1 is 1.13 bits per heavy atom. The summed E-state index contributed by atoms with van der Waals surface area (Å²) in [6.45, 7) is 0. The number of hydrogen-bond donors (Lipinski definition) is 2. The summed E-state index contributed by atoms with van der Waals surface area (Å²) in [7, 11) is -3.30. The summed E-state index contributed by atoms with van der Waals surface area (Å²) in [5.41, 5.74) is 5.53. The summed E-state index contributed by atoms with van der Waals surface area (Å²) >= 11 is 0. The predicted molar refractivity (Wildman–Crippen MR) is 87.8 cm³/mol. The highest BCUT2D eigenvalue weighted by Gasteiger charge is 2.42. The standard InChI is InChI=1S/C16H21N3O3S/c1-23(21,22)13-8-4-3-7-12(13)11-14-17-16(15(20)19-18-14)9-5-2-6-10-16/h3-4,7-8H,2,5-6,9-11H2,1H3,(H,17,18)(H,19,20). The van der Waals surface area contributed by atoms with Crippen LogP contribution in [0.25, 0.3) is 0 Å². The van der Waals surface area contributed by atoms with Gasteiger partial charge in [0.2, 0.25) is 0 Å². The molecule has 2 aliphatic rings. The lowest BCUT2D eigenvalue weighted by atomic mass is 9.81. The zero-order chi connectivity index (χ0) is 16.5. The minimum atomic E-state index is -3.30. The maximum Gasteiger partial charge on any atom is 0.266 e. The largest absolute Gasteiger partial charge is 0.285 e. The summed E-state index contributed by atoms with van der Waals surface area (Å²) in [6, 6.07) is 6.90. The Balaban J connectivity index is 1.92.